The van der Waals surface area contributed by atoms with Gasteiger partial charge in [0.2, 0.25) is 5.75 Å². The first-order valence-electron chi connectivity index (χ1n) is 14.4. The molecule has 1 atom stereocenters. The van der Waals surface area contributed by atoms with Crippen LogP contribution in [0.3, 0.4) is 0 Å². The fraction of sp³-hybridized carbons (Fsp3) is 0.606. The Bertz CT molecular complexity index is 1090. The molecule has 2 aromatic carbocycles. The van der Waals surface area contributed by atoms with Gasteiger partial charge in [-0.05, 0) is 92.6 Å². The van der Waals surface area contributed by atoms with Gasteiger partial charge in [-0.1, -0.05) is 33.6 Å². The van der Waals surface area contributed by atoms with E-state index in [1.54, 1.807) is 35.5 Å². The van der Waals surface area contributed by atoms with Gasteiger partial charge in [0.25, 0.3) is 0 Å². The summed E-state index contributed by atoms with van der Waals surface area (Å²) >= 11 is 0. The number of nitriles is 1. The maximum atomic E-state index is 10.5. The third-order valence-electron chi connectivity index (χ3n) is 7.99. The molecule has 7 heteroatoms. The minimum atomic E-state index is -0.677. The molecule has 222 valence electrons. The van der Waals surface area contributed by atoms with Crippen LogP contribution < -0.4 is 23.7 Å². The lowest BCUT2D eigenvalue weighted by atomic mass is 9.69. The molecule has 7 nitrogen and oxygen atoms in total. The first-order chi connectivity index (χ1) is 19.2. The van der Waals surface area contributed by atoms with E-state index in [9.17, 15) is 5.26 Å². The molecule has 0 spiro atoms. The van der Waals surface area contributed by atoms with E-state index < -0.39 is 5.41 Å². The van der Waals surface area contributed by atoms with E-state index in [-0.39, 0.29) is 5.92 Å². The maximum absolute atomic E-state index is 10.5. The maximum Gasteiger partial charge on any atom is 0.203 e. The van der Waals surface area contributed by atoms with Crippen molar-refractivity contribution >= 4 is 0 Å². The van der Waals surface area contributed by atoms with E-state index in [0.717, 1.165) is 55.8 Å². The van der Waals surface area contributed by atoms with Crippen molar-refractivity contribution in [3.05, 3.63) is 41.0 Å². The Kier molecular flexibility index (Phi) is 13.4. The zero-order valence-corrected chi connectivity index (χ0v) is 26.2. The monoisotopic (exact) mass is 554 g/mol. The number of rotatable bonds is 18. The van der Waals surface area contributed by atoms with Gasteiger partial charge in [-0.2, -0.15) is 5.26 Å². The van der Waals surface area contributed by atoms with Gasteiger partial charge in [0.1, 0.15) is 0 Å². The quantitative estimate of drug-likeness (QED) is 0.187. The molecule has 0 aromatic heterocycles. The molecule has 0 aliphatic carbocycles. The molecule has 0 radical (unpaired) electrons. The lowest BCUT2D eigenvalue weighted by Crippen LogP contribution is -2.32. The second-order valence-corrected chi connectivity index (χ2v) is 10.7. The number of methoxy groups -OCH3 is 5. The van der Waals surface area contributed by atoms with Gasteiger partial charge < -0.3 is 28.6 Å². The summed E-state index contributed by atoms with van der Waals surface area (Å²) in [6.07, 6.45) is 7.16. The Labute approximate surface area is 242 Å². The highest BCUT2D eigenvalue weighted by molar-refractivity contribution is 5.56. The molecular formula is C33H50N2O5. The molecule has 0 N–H and O–H groups in total. The third kappa shape index (κ3) is 7.97. The van der Waals surface area contributed by atoms with Crippen molar-refractivity contribution in [1.29, 1.82) is 5.26 Å². The van der Waals surface area contributed by atoms with Gasteiger partial charge in [-0.25, -0.2) is 0 Å². The normalized spacial score (nSPS) is 12.7. The topological polar surface area (TPSA) is 73.2 Å². The zero-order valence-electron chi connectivity index (χ0n) is 26.2. The standard InChI is InChI=1S/C33H50N2O5/c1-10-11-12-14-25-19-28(36-5)29(37-6)20-26(25)15-18-35(4)17-13-16-33(23-34,24(2)3)27-21-30(38-7)32(40-9)31(22-27)39-8/h19-22,24H,10-18H2,1-9H3. The van der Waals surface area contributed by atoms with Crippen molar-refractivity contribution in [3.8, 4) is 34.8 Å². The van der Waals surface area contributed by atoms with Crippen LogP contribution in [0.5, 0.6) is 28.7 Å². The number of aryl methyl sites for hydroxylation is 1. The van der Waals surface area contributed by atoms with Crippen LogP contribution in [-0.4, -0.2) is 60.6 Å². The van der Waals surface area contributed by atoms with Gasteiger partial charge in [0.15, 0.2) is 23.0 Å². The average molecular weight is 555 g/mol. The molecule has 2 rings (SSSR count). The highest BCUT2D eigenvalue weighted by Gasteiger charge is 2.37. The second kappa shape index (κ2) is 16.2. The van der Waals surface area contributed by atoms with E-state index in [1.165, 1.54) is 30.4 Å². The zero-order chi connectivity index (χ0) is 29.7. The number of hydrogen-bond donors (Lipinski definition) is 0. The third-order valence-corrected chi connectivity index (χ3v) is 7.99. The summed E-state index contributed by atoms with van der Waals surface area (Å²) in [5.41, 5.74) is 2.87. The number of benzene rings is 2. The summed E-state index contributed by atoms with van der Waals surface area (Å²) in [7, 11) is 10.3. The fourth-order valence-electron chi connectivity index (χ4n) is 5.40. The van der Waals surface area contributed by atoms with Gasteiger partial charge in [0, 0.05) is 6.54 Å². The van der Waals surface area contributed by atoms with Gasteiger partial charge >= 0.3 is 0 Å². The number of nitrogens with zero attached hydrogens (tertiary/aromatic N) is 2. The molecule has 0 bridgehead atoms. The van der Waals surface area contributed by atoms with Crippen LogP contribution in [0, 0.1) is 17.2 Å². The van der Waals surface area contributed by atoms with Gasteiger partial charge in [-0.15, -0.1) is 0 Å². The highest BCUT2D eigenvalue weighted by atomic mass is 16.5. The van der Waals surface area contributed by atoms with Gasteiger partial charge in [0.05, 0.1) is 47.0 Å². The number of unbranched alkanes of at least 4 members (excludes halogenated alkanes) is 2. The second-order valence-electron chi connectivity index (χ2n) is 10.7. The number of ether oxygens (including phenoxy) is 5. The molecule has 1 unspecified atom stereocenters. The summed E-state index contributed by atoms with van der Waals surface area (Å²) in [6, 6.07) is 10.8. The van der Waals surface area contributed by atoms with Crippen LogP contribution in [0.2, 0.25) is 0 Å². The first-order valence-corrected chi connectivity index (χ1v) is 14.4. The minimum Gasteiger partial charge on any atom is -0.493 e. The Morgan fingerprint density at radius 3 is 1.75 bits per heavy atom. The highest BCUT2D eigenvalue weighted by Crippen LogP contribution is 2.45. The van der Waals surface area contributed by atoms with E-state index in [2.05, 4.69) is 50.9 Å². The molecule has 40 heavy (non-hydrogen) atoms. The number of hydrogen-bond acceptors (Lipinski definition) is 7. The first kappa shape index (κ1) is 33.1. The Hall–Kier alpha value is -3.11. The Morgan fingerprint density at radius 1 is 0.750 bits per heavy atom. The summed E-state index contributed by atoms with van der Waals surface area (Å²) in [5.74, 6) is 3.34. The number of likely N-dealkylation sites (N-methyl/N-ethyl adjacent to an activating group) is 1. The lowest BCUT2D eigenvalue weighted by molar-refractivity contribution is 0.290. The van der Waals surface area contributed by atoms with Crippen molar-refractivity contribution < 1.29 is 23.7 Å². The molecule has 0 saturated heterocycles. The molecule has 0 heterocycles. The van der Waals surface area contributed by atoms with Crippen LogP contribution in [0.4, 0.5) is 0 Å². The van der Waals surface area contributed by atoms with E-state index in [1.807, 2.05) is 12.1 Å². The fourth-order valence-corrected chi connectivity index (χ4v) is 5.40. The molecule has 0 aliphatic rings. The Morgan fingerprint density at radius 2 is 1.30 bits per heavy atom. The Balaban J connectivity index is 2.17. The lowest BCUT2D eigenvalue weighted by Gasteiger charge is -2.33. The summed E-state index contributed by atoms with van der Waals surface area (Å²) in [4.78, 5) is 2.35. The largest absolute Gasteiger partial charge is 0.493 e. The van der Waals surface area contributed by atoms with E-state index in [4.69, 9.17) is 23.7 Å². The van der Waals surface area contributed by atoms with E-state index >= 15 is 0 Å². The summed E-state index contributed by atoms with van der Waals surface area (Å²) in [6.45, 7) is 8.24. The smallest absolute Gasteiger partial charge is 0.203 e. The van der Waals surface area contributed by atoms with Crippen LogP contribution in [0.15, 0.2) is 24.3 Å². The minimum absolute atomic E-state index is 0.100. The average Bonchev–Trinajstić information content (AvgIpc) is 2.97. The van der Waals surface area contributed by atoms with Crippen molar-refractivity contribution in [2.24, 2.45) is 5.92 Å². The molecular weight excluding hydrogens is 504 g/mol. The van der Waals surface area contributed by atoms with Crippen LogP contribution in [0.1, 0.15) is 69.6 Å². The summed E-state index contributed by atoms with van der Waals surface area (Å²) < 4.78 is 27.8. The van der Waals surface area contributed by atoms with E-state index in [0.29, 0.717) is 17.2 Å². The molecule has 0 aliphatic heterocycles. The predicted octanol–water partition coefficient (Wildman–Crippen LogP) is 6.83. The van der Waals surface area contributed by atoms with Crippen LogP contribution in [-0.2, 0) is 18.3 Å². The SMILES string of the molecule is CCCCCc1cc(OC)c(OC)cc1CCN(C)CCCC(C#N)(c1cc(OC)c(OC)c(OC)c1)C(C)C. The van der Waals surface area contributed by atoms with Crippen LogP contribution >= 0.6 is 0 Å². The molecule has 0 saturated carbocycles. The molecule has 0 fully saturated rings. The molecule has 2 aromatic rings. The van der Waals surface area contributed by atoms with Crippen molar-refractivity contribution in [1.82, 2.24) is 4.90 Å². The predicted molar refractivity (Wildman–Crippen MR) is 161 cm³/mol. The van der Waals surface area contributed by atoms with Crippen molar-refractivity contribution in [3.63, 3.8) is 0 Å². The van der Waals surface area contributed by atoms with Crippen molar-refractivity contribution in [2.75, 3.05) is 55.7 Å². The van der Waals surface area contributed by atoms with Gasteiger partial charge in [-0.3, -0.25) is 0 Å². The van der Waals surface area contributed by atoms with Crippen molar-refractivity contribution in [2.45, 2.75) is 71.1 Å². The van der Waals surface area contributed by atoms with Crippen LogP contribution in [0.25, 0.3) is 0 Å². The molecule has 0 amide bonds. The summed E-state index contributed by atoms with van der Waals surface area (Å²) in [5, 5.41) is 10.5.